The van der Waals surface area contributed by atoms with Crippen LogP contribution in [0.25, 0.3) is 0 Å². The first-order valence-corrected chi connectivity index (χ1v) is 16.0. The van der Waals surface area contributed by atoms with Gasteiger partial charge in [-0.05, 0) is 50.8 Å². The van der Waals surface area contributed by atoms with Gasteiger partial charge in [0.25, 0.3) is 5.91 Å². The molecule has 12 nitrogen and oxygen atoms in total. The standard InChI is InChI=1S/C31H49N9O3/c1-5-22-19-37(3)28-29(40(22)23-10-6-7-11-23)34-31(32,35-30(28)42)33-24-17-21-9-8-12-39(25(21)18-26(24)43-4)27(41)20-38-15-13-36(2)14-16-38/h17-18,22-23,33-34H,5-16,19-20,32H2,1-4H3,(H,35,42)/t22?,31-/m1/s1. The molecule has 4 aliphatic heterocycles. The van der Waals surface area contributed by atoms with Crippen molar-refractivity contribution < 1.29 is 14.3 Å². The summed E-state index contributed by atoms with van der Waals surface area (Å²) in [6, 6.07) is 4.64. The second-order valence-electron chi connectivity index (χ2n) is 12.9. The van der Waals surface area contributed by atoms with Crippen LogP contribution in [0, 0.1) is 0 Å². The van der Waals surface area contributed by atoms with Crippen molar-refractivity contribution in [3.8, 4) is 5.75 Å². The quantitative estimate of drug-likeness (QED) is 0.341. The van der Waals surface area contributed by atoms with Crippen LogP contribution in [0.5, 0.6) is 5.75 Å². The predicted molar refractivity (Wildman–Crippen MR) is 167 cm³/mol. The van der Waals surface area contributed by atoms with Gasteiger partial charge in [0.2, 0.25) is 11.8 Å². The normalized spacial score (nSPS) is 27.0. The number of fused-ring (bicyclic) bond motifs is 1. The van der Waals surface area contributed by atoms with E-state index in [-0.39, 0.29) is 11.8 Å². The fraction of sp³-hybridized carbons (Fsp3) is 0.677. The average molecular weight is 596 g/mol. The summed E-state index contributed by atoms with van der Waals surface area (Å²) in [7, 11) is 5.72. The minimum Gasteiger partial charge on any atom is -0.495 e. The second kappa shape index (κ2) is 12.0. The summed E-state index contributed by atoms with van der Waals surface area (Å²) in [5, 5.41) is 9.87. The number of carbonyl (C=O) groups is 2. The van der Waals surface area contributed by atoms with Crippen molar-refractivity contribution in [1.82, 2.24) is 30.2 Å². The number of anilines is 2. The fourth-order valence-corrected chi connectivity index (χ4v) is 7.53. The van der Waals surface area contributed by atoms with Gasteiger partial charge in [0.05, 0.1) is 25.0 Å². The van der Waals surface area contributed by atoms with Crippen LogP contribution in [0.2, 0.25) is 0 Å². The number of aryl methyl sites for hydroxylation is 1. The highest BCUT2D eigenvalue weighted by molar-refractivity contribution is 5.97. The van der Waals surface area contributed by atoms with Crippen molar-refractivity contribution in [3.63, 3.8) is 0 Å². The zero-order valence-corrected chi connectivity index (χ0v) is 26.2. The fourth-order valence-electron chi connectivity index (χ4n) is 7.53. The van der Waals surface area contributed by atoms with Gasteiger partial charge in [0.1, 0.15) is 17.3 Å². The topological polar surface area (TPSA) is 122 Å². The van der Waals surface area contributed by atoms with E-state index in [1.165, 1.54) is 12.8 Å². The van der Waals surface area contributed by atoms with E-state index in [1.807, 2.05) is 29.0 Å². The Morgan fingerprint density at radius 2 is 1.84 bits per heavy atom. The Balaban J connectivity index is 1.25. The van der Waals surface area contributed by atoms with Crippen molar-refractivity contribution in [3.05, 3.63) is 29.2 Å². The summed E-state index contributed by atoms with van der Waals surface area (Å²) in [6.45, 7) is 7.87. The van der Waals surface area contributed by atoms with Crippen LogP contribution in [-0.2, 0) is 16.0 Å². The van der Waals surface area contributed by atoms with Crippen molar-refractivity contribution in [2.24, 2.45) is 5.73 Å². The smallest absolute Gasteiger partial charge is 0.275 e. The molecule has 1 aromatic carbocycles. The third-order valence-electron chi connectivity index (χ3n) is 9.88. The first-order valence-electron chi connectivity index (χ1n) is 16.0. The summed E-state index contributed by atoms with van der Waals surface area (Å²) in [4.78, 5) is 38.0. The highest BCUT2D eigenvalue weighted by Gasteiger charge is 2.46. The molecule has 1 saturated heterocycles. The summed E-state index contributed by atoms with van der Waals surface area (Å²) in [5.41, 5.74) is 10.1. The maximum Gasteiger partial charge on any atom is 0.275 e. The van der Waals surface area contributed by atoms with Gasteiger partial charge >= 0.3 is 0 Å². The Hall–Kier alpha value is -3.22. The van der Waals surface area contributed by atoms with Crippen molar-refractivity contribution in [2.45, 2.75) is 69.9 Å². The molecule has 43 heavy (non-hydrogen) atoms. The minimum atomic E-state index is -1.43. The van der Waals surface area contributed by atoms with E-state index in [0.717, 1.165) is 81.9 Å². The Morgan fingerprint density at radius 1 is 1.09 bits per heavy atom. The first kappa shape index (κ1) is 29.8. The van der Waals surface area contributed by atoms with E-state index >= 15 is 0 Å². The number of nitrogens with two attached hydrogens (primary N) is 1. The van der Waals surface area contributed by atoms with Gasteiger partial charge in [-0.25, -0.2) is 0 Å². The molecule has 4 heterocycles. The Labute approximate surface area is 255 Å². The van der Waals surface area contributed by atoms with E-state index in [4.69, 9.17) is 10.5 Å². The molecule has 12 heteroatoms. The lowest BCUT2D eigenvalue weighted by Crippen LogP contribution is -2.76. The lowest BCUT2D eigenvalue weighted by Gasteiger charge is -2.52. The molecule has 0 spiro atoms. The summed E-state index contributed by atoms with van der Waals surface area (Å²) in [6.07, 6.45) is 7.35. The van der Waals surface area contributed by atoms with Gasteiger partial charge < -0.3 is 35.0 Å². The number of likely N-dealkylation sites (N-methyl/N-ethyl adjacent to an activating group) is 2. The number of piperazine rings is 1. The molecule has 0 radical (unpaired) electrons. The van der Waals surface area contributed by atoms with E-state index in [1.54, 1.807) is 7.11 Å². The maximum atomic E-state index is 13.6. The number of amides is 2. The number of nitrogens with zero attached hydrogens (tertiary/aromatic N) is 5. The van der Waals surface area contributed by atoms with Gasteiger partial charge in [-0.2, -0.15) is 0 Å². The predicted octanol–water partition coefficient (Wildman–Crippen LogP) is 1.06. The first-order chi connectivity index (χ1) is 20.7. The van der Waals surface area contributed by atoms with E-state index < -0.39 is 5.91 Å². The molecule has 1 unspecified atom stereocenters. The van der Waals surface area contributed by atoms with E-state index in [0.29, 0.717) is 42.3 Å². The SMILES string of the molecule is CCC1CN(C)C2=C(N[C@@](N)(Nc3cc4c(cc3OC)N(C(=O)CN3CCN(C)CC3)CCC4)NC2=O)N1C1CCCC1. The molecular weight excluding hydrogens is 546 g/mol. The molecular formula is C31H49N9O3. The Morgan fingerprint density at radius 3 is 2.53 bits per heavy atom. The number of carbonyl (C=O) groups excluding carboxylic acids is 2. The average Bonchev–Trinajstić information content (AvgIpc) is 3.51. The number of methoxy groups -OCH3 is 1. The van der Waals surface area contributed by atoms with Crippen molar-refractivity contribution >= 4 is 23.2 Å². The van der Waals surface area contributed by atoms with Crippen LogP contribution in [0.4, 0.5) is 11.4 Å². The Kier molecular flexibility index (Phi) is 8.36. The second-order valence-corrected chi connectivity index (χ2v) is 12.9. The monoisotopic (exact) mass is 595 g/mol. The lowest BCUT2D eigenvalue weighted by molar-refractivity contribution is -0.123. The molecule has 2 atom stereocenters. The van der Waals surface area contributed by atoms with Crippen LogP contribution in [0.3, 0.4) is 0 Å². The molecule has 2 amide bonds. The summed E-state index contributed by atoms with van der Waals surface area (Å²) in [5.74, 6) is -0.164. The van der Waals surface area contributed by atoms with Gasteiger partial charge in [-0.15, -0.1) is 0 Å². The van der Waals surface area contributed by atoms with Crippen molar-refractivity contribution in [1.29, 1.82) is 0 Å². The highest BCUT2D eigenvalue weighted by atomic mass is 16.5. The third-order valence-corrected chi connectivity index (χ3v) is 9.88. The minimum absolute atomic E-state index is 0.114. The molecule has 0 aromatic heterocycles. The zero-order chi connectivity index (χ0) is 30.3. The molecule has 5 N–H and O–H groups in total. The molecule has 1 aromatic rings. The number of nitrogens with one attached hydrogen (secondary N) is 3. The molecule has 236 valence electrons. The summed E-state index contributed by atoms with van der Waals surface area (Å²) >= 11 is 0. The molecule has 0 bridgehead atoms. The zero-order valence-electron chi connectivity index (χ0n) is 26.2. The third kappa shape index (κ3) is 5.84. The number of rotatable bonds is 7. The summed E-state index contributed by atoms with van der Waals surface area (Å²) < 4.78 is 5.83. The van der Waals surface area contributed by atoms with Crippen molar-refractivity contribution in [2.75, 3.05) is 77.2 Å². The number of benzene rings is 1. The van der Waals surface area contributed by atoms with Crippen LogP contribution in [0.15, 0.2) is 23.7 Å². The van der Waals surface area contributed by atoms with Crippen LogP contribution < -0.4 is 31.3 Å². The molecule has 1 saturated carbocycles. The maximum absolute atomic E-state index is 13.6. The largest absolute Gasteiger partial charge is 0.495 e. The number of hydrogen-bond acceptors (Lipinski definition) is 10. The molecule has 5 aliphatic rings. The van der Waals surface area contributed by atoms with E-state index in [2.05, 4.69) is 44.6 Å². The van der Waals surface area contributed by atoms with Crippen LogP contribution in [-0.4, -0.2) is 116 Å². The van der Waals surface area contributed by atoms with Gasteiger partial charge in [0, 0.05) is 64.5 Å². The van der Waals surface area contributed by atoms with E-state index in [9.17, 15) is 9.59 Å². The molecule has 1 aliphatic carbocycles. The van der Waals surface area contributed by atoms with Gasteiger partial charge in [-0.1, -0.05) is 19.8 Å². The van der Waals surface area contributed by atoms with Crippen LogP contribution >= 0.6 is 0 Å². The van der Waals surface area contributed by atoms with Crippen LogP contribution in [0.1, 0.15) is 51.0 Å². The highest BCUT2D eigenvalue weighted by Crippen LogP contribution is 2.39. The van der Waals surface area contributed by atoms with Gasteiger partial charge in [-0.3, -0.25) is 25.5 Å². The number of hydrogen-bond donors (Lipinski definition) is 4. The van der Waals surface area contributed by atoms with Gasteiger partial charge in [0.15, 0.2) is 0 Å². The Bertz CT molecular complexity index is 1260. The molecule has 6 rings (SSSR count). The molecule has 2 fully saturated rings. The lowest BCUT2D eigenvalue weighted by atomic mass is 9.99. The number of ether oxygens (including phenoxy) is 1.